The standard InChI is InChI=1S/C11H19NO5/c1-11(2,10(16)17-3)12-8(13)6-4-5-7-9(14)15/h4-7H2,1-3H3,(H,12,13)(H,14,15). The molecule has 0 unspecified atom stereocenters. The van der Waals surface area contributed by atoms with E-state index in [1.165, 1.54) is 7.11 Å². The molecule has 0 atom stereocenters. The second-order valence-electron chi connectivity index (χ2n) is 4.27. The maximum absolute atomic E-state index is 11.5. The van der Waals surface area contributed by atoms with Gasteiger partial charge in [-0.25, -0.2) is 4.79 Å². The third-order valence-electron chi connectivity index (χ3n) is 2.19. The molecular weight excluding hydrogens is 226 g/mol. The van der Waals surface area contributed by atoms with Crippen LogP contribution in [0.4, 0.5) is 0 Å². The summed E-state index contributed by atoms with van der Waals surface area (Å²) >= 11 is 0. The number of esters is 1. The molecule has 0 fully saturated rings. The number of amides is 1. The van der Waals surface area contributed by atoms with E-state index in [-0.39, 0.29) is 18.7 Å². The summed E-state index contributed by atoms with van der Waals surface area (Å²) in [6.45, 7) is 3.10. The number of carbonyl (C=O) groups is 3. The molecule has 0 aliphatic rings. The predicted octanol–water partition coefficient (Wildman–Crippen LogP) is 0.699. The molecule has 17 heavy (non-hydrogen) atoms. The van der Waals surface area contributed by atoms with Crippen LogP contribution >= 0.6 is 0 Å². The molecule has 0 aromatic heterocycles. The Morgan fingerprint density at radius 3 is 2.18 bits per heavy atom. The van der Waals surface area contributed by atoms with Crippen molar-refractivity contribution in [2.24, 2.45) is 0 Å². The number of nitrogens with one attached hydrogen (secondary N) is 1. The molecule has 0 aliphatic heterocycles. The molecule has 98 valence electrons. The molecule has 0 aromatic rings. The van der Waals surface area contributed by atoms with Gasteiger partial charge < -0.3 is 15.2 Å². The second kappa shape index (κ2) is 6.88. The normalized spacial score (nSPS) is 10.8. The van der Waals surface area contributed by atoms with Gasteiger partial charge >= 0.3 is 11.9 Å². The zero-order chi connectivity index (χ0) is 13.5. The largest absolute Gasteiger partial charge is 0.481 e. The SMILES string of the molecule is COC(=O)C(C)(C)NC(=O)CCCCC(=O)O. The first-order valence-electron chi connectivity index (χ1n) is 5.41. The van der Waals surface area contributed by atoms with E-state index in [4.69, 9.17) is 5.11 Å². The van der Waals surface area contributed by atoms with E-state index in [0.29, 0.717) is 12.8 Å². The third kappa shape index (κ3) is 6.55. The van der Waals surface area contributed by atoms with Crippen LogP contribution in [0.3, 0.4) is 0 Å². The average Bonchev–Trinajstić information content (AvgIpc) is 2.22. The van der Waals surface area contributed by atoms with E-state index in [2.05, 4.69) is 10.1 Å². The Bertz CT molecular complexity index is 298. The lowest BCUT2D eigenvalue weighted by atomic mass is 10.1. The van der Waals surface area contributed by atoms with Gasteiger partial charge in [0, 0.05) is 12.8 Å². The maximum Gasteiger partial charge on any atom is 0.330 e. The monoisotopic (exact) mass is 245 g/mol. The molecule has 0 aromatic carbocycles. The Morgan fingerprint density at radius 2 is 1.71 bits per heavy atom. The zero-order valence-corrected chi connectivity index (χ0v) is 10.4. The predicted molar refractivity (Wildman–Crippen MR) is 60.3 cm³/mol. The van der Waals surface area contributed by atoms with Crippen LogP contribution in [0, 0.1) is 0 Å². The number of methoxy groups -OCH3 is 1. The van der Waals surface area contributed by atoms with Crippen LogP contribution in [0.2, 0.25) is 0 Å². The van der Waals surface area contributed by atoms with Gasteiger partial charge in [0.15, 0.2) is 0 Å². The van der Waals surface area contributed by atoms with Gasteiger partial charge in [0.2, 0.25) is 5.91 Å². The summed E-state index contributed by atoms with van der Waals surface area (Å²) in [5.74, 6) is -1.68. The van der Waals surface area contributed by atoms with Crippen molar-refractivity contribution in [2.45, 2.75) is 45.1 Å². The summed E-state index contributed by atoms with van der Waals surface area (Å²) in [5.41, 5.74) is -1.06. The van der Waals surface area contributed by atoms with Gasteiger partial charge in [0.05, 0.1) is 7.11 Å². The Kier molecular flexibility index (Phi) is 6.23. The quantitative estimate of drug-likeness (QED) is 0.508. The van der Waals surface area contributed by atoms with Crippen molar-refractivity contribution in [3.8, 4) is 0 Å². The highest BCUT2D eigenvalue weighted by Gasteiger charge is 2.29. The van der Waals surface area contributed by atoms with Gasteiger partial charge in [-0.15, -0.1) is 0 Å². The lowest BCUT2D eigenvalue weighted by Gasteiger charge is -2.22. The minimum atomic E-state index is -1.06. The molecule has 2 N–H and O–H groups in total. The summed E-state index contributed by atoms with van der Waals surface area (Å²) in [5, 5.41) is 10.9. The van der Waals surface area contributed by atoms with Gasteiger partial charge in [0.1, 0.15) is 5.54 Å². The second-order valence-corrected chi connectivity index (χ2v) is 4.27. The Labute approximate surface area is 100 Å². The van der Waals surface area contributed by atoms with Gasteiger partial charge in [0.25, 0.3) is 0 Å². The van der Waals surface area contributed by atoms with E-state index in [0.717, 1.165) is 0 Å². The highest BCUT2D eigenvalue weighted by Crippen LogP contribution is 2.06. The fourth-order valence-corrected chi connectivity index (χ4v) is 1.28. The summed E-state index contributed by atoms with van der Waals surface area (Å²) in [6.07, 6.45) is 1.18. The molecule has 0 aliphatic carbocycles. The van der Waals surface area contributed by atoms with Crippen LogP contribution in [-0.2, 0) is 19.1 Å². The minimum absolute atomic E-state index is 0.0493. The number of aliphatic carboxylic acids is 1. The molecule has 0 saturated heterocycles. The van der Waals surface area contributed by atoms with E-state index >= 15 is 0 Å². The molecule has 1 amide bonds. The lowest BCUT2D eigenvalue weighted by molar-refractivity contribution is -0.149. The Morgan fingerprint density at radius 1 is 1.18 bits per heavy atom. The molecule has 0 bridgehead atoms. The fourth-order valence-electron chi connectivity index (χ4n) is 1.28. The number of carboxylic acids is 1. The van der Waals surface area contributed by atoms with Crippen LogP contribution in [-0.4, -0.2) is 35.6 Å². The molecule has 6 nitrogen and oxygen atoms in total. The Hall–Kier alpha value is -1.59. The average molecular weight is 245 g/mol. The van der Waals surface area contributed by atoms with Crippen molar-refractivity contribution in [1.29, 1.82) is 0 Å². The van der Waals surface area contributed by atoms with E-state index in [1.54, 1.807) is 13.8 Å². The maximum atomic E-state index is 11.5. The smallest absolute Gasteiger partial charge is 0.330 e. The van der Waals surface area contributed by atoms with Crippen molar-refractivity contribution < 1.29 is 24.2 Å². The number of rotatable bonds is 7. The number of carboxylic acid groups (broad SMARTS) is 1. The van der Waals surface area contributed by atoms with Crippen LogP contribution in [0.25, 0.3) is 0 Å². The summed E-state index contributed by atoms with van der Waals surface area (Å²) in [7, 11) is 1.25. The minimum Gasteiger partial charge on any atom is -0.481 e. The third-order valence-corrected chi connectivity index (χ3v) is 2.19. The van der Waals surface area contributed by atoms with E-state index < -0.39 is 17.5 Å². The molecular formula is C11H19NO5. The summed E-state index contributed by atoms with van der Waals surface area (Å²) in [4.78, 5) is 33.0. The van der Waals surface area contributed by atoms with Crippen LogP contribution < -0.4 is 5.32 Å². The first kappa shape index (κ1) is 15.4. The molecule has 0 heterocycles. The first-order valence-corrected chi connectivity index (χ1v) is 5.41. The highest BCUT2D eigenvalue weighted by molar-refractivity contribution is 5.87. The number of hydrogen-bond acceptors (Lipinski definition) is 4. The molecule has 0 saturated carbocycles. The summed E-state index contributed by atoms with van der Waals surface area (Å²) < 4.78 is 4.54. The number of ether oxygens (including phenoxy) is 1. The Balaban J connectivity index is 3.93. The van der Waals surface area contributed by atoms with Crippen LogP contribution in [0.15, 0.2) is 0 Å². The molecule has 0 radical (unpaired) electrons. The molecule has 0 spiro atoms. The van der Waals surface area contributed by atoms with Crippen molar-refractivity contribution in [3.63, 3.8) is 0 Å². The van der Waals surface area contributed by atoms with Gasteiger partial charge in [-0.1, -0.05) is 0 Å². The van der Waals surface area contributed by atoms with E-state index in [1.807, 2.05) is 0 Å². The fraction of sp³-hybridized carbons (Fsp3) is 0.727. The zero-order valence-electron chi connectivity index (χ0n) is 10.4. The molecule has 6 heteroatoms. The lowest BCUT2D eigenvalue weighted by Crippen LogP contribution is -2.50. The topological polar surface area (TPSA) is 92.7 Å². The summed E-state index contributed by atoms with van der Waals surface area (Å²) in [6, 6.07) is 0. The van der Waals surface area contributed by atoms with Crippen molar-refractivity contribution in [3.05, 3.63) is 0 Å². The van der Waals surface area contributed by atoms with Gasteiger partial charge in [-0.05, 0) is 26.7 Å². The van der Waals surface area contributed by atoms with E-state index in [9.17, 15) is 14.4 Å². The van der Waals surface area contributed by atoms with Crippen LogP contribution in [0.1, 0.15) is 39.5 Å². The first-order chi connectivity index (χ1) is 7.79. The van der Waals surface area contributed by atoms with Crippen molar-refractivity contribution in [2.75, 3.05) is 7.11 Å². The molecule has 0 rings (SSSR count). The number of unbranched alkanes of at least 4 members (excludes halogenated alkanes) is 1. The van der Waals surface area contributed by atoms with Crippen molar-refractivity contribution >= 4 is 17.8 Å². The van der Waals surface area contributed by atoms with Gasteiger partial charge in [-0.2, -0.15) is 0 Å². The number of carbonyl (C=O) groups excluding carboxylic acids is 2. The highest BCUT2D eigenvalue weighted by atomic mass is 16.5. The number of hydrogen-bond donors (Lipinski definition) is 2. The van der Waals surface area contributed by atoms with Gasteiger partial charge in [-0.3, -0.25) is 9.59 Å². The van der Waals surface area contributed by atoms with Crippen molar-refractivity contribution in [1.82, 2.24) is 5.32 Å². The van der Waals surface area contributed by atoms with Crippen LogP contribution in [0.5, 0.6) is 0 Å².